The number of rotatable bonds is 8. The van der Waals surface area contributed by atoms with Gasteiger partial charge in [-0.25, -0.2) is 0 Å². The number of esters is 1. The standard InChI is InChI=1S/C24H29N3O2Se/c1-5-17-15-18(13-14-19(17)23(28)29-8-4)26-24(27(6-2)7-3)30-22-16-25-21-12-10-9-11-20(21)22/h9-16,25H,5-8H2,1-4H3. The maximum atomic E-state index is 12.2. The molecule has 30 heavy (non-hydrogen) atoms. The first-order chi connectivity index (χ1) is 14.6. The minimum atomic E-state index is -0.267. The molecule has 5 nitrogen and oxygen atoms in total. The van der Waals surface area contributed by atoms with Gasteiger partial charge in [0.15, 0.2) is 0 Å². The Morgan fingerprint density at radius 3 is 2.57 bits per heavy atom. The summed E-state index contributed by atoms with van der Waals surface area (Å²) < 4.78 is 7.57. The van der Waals surface area contributed by atoms with E-state index in [0.29, 0.717) is 12.2 Å². The molecule has 0 aliphatic heterocycles. The molecule has 3 rings (SSSR count). The van der Waals surface area contributed by atoms with Crippen LogP contribution in [0.15, 0.2) is 53.7 Å². The molecule has 1 heterocycles. The second-order valence-electron chi connectivity index (χ2n) is 6.78. The van der Waals surface area contributed by atoms with Gasteiger partial charge in [0.1, 0.15) is 0 Å². The van der Waals surface area contributed by atoms with Crippen molar-refractivity contribution in [1.29, 1.82) is 0 Å². The molecule has 0 aliphatic rings. The Kier molecular flexibility index (Phi) is 7.72. The number of carbonyl (C=O) groups is 1. The van der Waals surface area contributed by atoms with E-state index in [2.05, 4.69) is 48.1 Å². The van der Waals surface area contributed by atoms with E-state index in [4.69, 9.17) is 9.73 Å². The number of aromatic amines is 1. The SMILES string of the molecule is CCOC(=O)c1ccc(N=C([Se]c2c[nH]c3ccccc23)N(CC)CC)cc1CC. The van der Waals surface area contributed by atoms with Gasteiger partial charge >= 0.3 is 185 Å². The van der Waals surface area contributed by atoms with Gasteiger partial charge < -0.3 is 0 Å². The Morgan fingerprint density at radius 1 is 1.10 bits per heavy atom. The molecule has 0 amide bonds. The van der Waals surface area contributed by atoms with E-state index < -0.39 is 0 Å². The molecule has 0 unspecified atom stereocenters. The van der Waals surface area contributed by atoms with Gasteiger partial charge in [0.25, 0.3) is 0 Å². The molecule has 6 heteroatoms. The molecule has 2 aromatic carbocycles. The van der Waals surface area contributed by atoms with Gasteiger partial charge in [0, 0.05) is 0 Å². The number of para-hydroxylation sites is 1. The van der Waals surface area contributed by atoms with Crippen molar-refractivity contribution in [2.75, 3.05) is 19.7 Å². The Morgan fingerprint density at radius 2 is 1.87 bits per heavy atom. The van der Waals surface area contributed by atoms with Crippen LogP contribution in [0.3, 0.4) is 0 Å². The van der Waals surface area contributed by atoms with Gasteiger partial charge in [-0.05, 0) is 0 Å². The van der Waals surface area contributed by atoms with E-state index in [9.17, 15) is 4.79 Å². The molecule has 0 atom stereocenters. The van der Waals surface area contributed by atoms with E-state index in [1.165, 1.54) is 9.85 Å². The summed E-state index contributed by atoms with van der Waals surface area (Å²) in [5, 5.41) is 1.25. The molecule has 0 radical (unpaired) electrons. The molecule has 0 aliphatic carbocycles. The number of amidine groups is 1. The third kappa shape index (κ3) is 4.94. The number of aryl methyl sites for hydroxylation is 1. The first kappa shape index (κ1) is 22.1. The average molecular weight is 470 g/mol. The number of ether oxygens (including phenoxy) is 1. The summed E-state index contributed by atoms with van der Waals surface area (Å²) in [5.41, 5.74) is 3.63. The molecule has 0 spiro atoms. The van der Waals surface area contributed by atoms with Gasteiger partial charge in [-0.15, -0.1) is 0 Å². The number of nitrogens with zero attached hydrogens (tertiary/aromatic N) is 2. The van der Waals surface area contributed by atoms with E-state index in [1.807, 2.05) is 38.1 Å². The van der Waals surface area contributed by atoms with Crippen LogP contribution in [0.25, 0.3) is 10.9 Å². The number of aromatic nitrogens is 1. The number of carbonyl (C=O) groups excluding carboxylic acids is 1. The fourth-order valence-corrected chi connectivity index (χ4v) is 5.73. The minimum absolute atomic E-state index is 0.0534. The van der Waals surface area contributed by atoms with Crippen molar-refractivity contribution >= 4 is 46.7 Å². The van der Waals surface area contributed by atoms with Crippen molar-refractivity contribution in [1.82, 2.24) is 9.88 Å². The zero-order valence-corrected chi connectivity index (χ0v) is 19.8. The topological polar surface area (TPSA) is 57.7 Å². The van der Waals surface area contributed by atoms with Crippen molar-refractivity contribution in [2.24, 2.45) is 4.99 Å². The van der Waals surface area contributed by atoms with Crippen LogP contribution in [0.2, 0.25) is 0 Å². The predicted octanol–water partition coefficient (Wildman–Crippen LogP) is 4.27. The molecule has 0 fully saturated rings. The number of nitrogens with one attached hydrogen (secondary N) is 1. The van der Waals surface area contributed by atoms with Crippen LogP contribution >= 0.6 is 0 Å². The Labute approximate surface area is 184 Å². The van der Waals surface area contributed by atoms with E-state index in [1.54, 1.807) is 0 Å². The summed E-state index contributed by atoms with van der Waals surface area (Å²) in [6.07, 6.45) is 2.86. The van der Waals surface area contributed by atoms with Crippen molar-refractivity contribution in [2.45, 2.75) is 34.1 Å². The first-order valence-electron chi connectivity index (χ1n) is 10.5. The summed E-state index contributed by atoms with van der Waals surface area (Å²) in [4.78, 5) is 23.0. The van der Waals surface area contributed by atoms with Gasteiger partial charge in [-0.1, -0.05) is 0 Å². The number of hydrogen-bond acceptors (Lipinski definition) is 3. The fraction of sp³-hybridized carbons (Fsp3) is 0.333. The third-order valence-corrected chi connectivity index (χ3v) is 7.26. The van der Waals surface area contributed by atoms with Gasteiger partial charge in [-0.2, -0.15) is 0 Å². The average Bonchev–Trinajstić information content (AvgIpc) is 3.17. The fourth-order valence-electron chi connectivity index (χ4n) is 3.34. The Hall–Kier alpha value is -2.56. The van der Waals surface area contributed by atoms with Crippen LogP contribution in [-0.4, -0.2) is 55.2 Å². The summed E-state index contributed by atoms with van der Waals surface area (Å²) in [7, 11) is 0. The van der Waals surface area contributed by atoms with Gasteiger partial charge in [0.2, 0.25) is 0 Å². The quantitative estimate of drug-likeness (QED) is 0.232. The summed E-state index contributed by atoms with van der Waals surface area (Å²) in [5.74, 6) is -0.267. The van der Waals surface area contributed by atoms with Crippen molar-refractivity contribution in [3.8, 4) is 0 Å². The summed E-state index contributed by atoms with van der Waals surface area (Å²) in [6, 6.07) is 14.2. The molecular weight excluding hydrogens is 441 g/mol. The number of aliphatic imine (C=N–C) groups is 1. The van der Waals surface area contributed by atoms with Crippen molar-refractivity contribution in [3.63, 3.8) is 0 Å². The van der Waals surface area contributed by atoms with Gasteiger partial charge in [-0.3, -0.25) is 0 Å². The number of fused-ring (bicyclic) bond motifs is 1. The Bertz CT molecular complexity index is 1040. The molecule has 0 saturated carbocycles. The van der Waals surface area contributed by atoms with E-state index in [-0.39, 0.29) is 20.9 Å². The van der Waals surface area contributed by atoms with Crippen LogP contribution in [0.5, 0.6) is 0 Å². The maximum absolute atomic E-state index is 12.2. The second kappa shape index (κ2) is 10.5. The van der Waals surface area contributed by atoms with E-state index in [0.717, 1.165) is 41.0 Å². The van der Waals surface area contributed by atoms with Crippen molar-refractivity contribution < 1.29 is 9.53 Å². The predicted molar refractivity (Wildman–Crippen MR) is 125 cm³/mol. The third-order valence-electron chi connectivity index (χ3n) is 4.98. The van der Waals surface area contributed by atoms with E-state index >= 15 is 0 Å². The monoisotopic (exact) mass is 471 g/mol. The Balaban J connectivity index is 1.98. The van der Waals surface area contributed by atoms with Crippen LogP contribution < -0.4 is 4.46 Å². The zero-order valence-electron chi connectivity index (χ0n) is 18.1. The molecular formula is C24H29N3O2Se. The van der Waals surface area contributed by atoms with Crippen LogP contribution in [0.4, 0.5) is 5.69 Å². The van der Waals surface area contributed by atoms with Crippen LogP contribution in [0.1, 0.15) is 43.6 Å². The molecule has 0 bridgehead atoms. The van der Waals surface area contributed by atoms with Crippen LogP contribution in [-0.2, 0) is 11.2 Å². The van der Waals surface area contributed by atoms with Gasteiger partial charge in [0.05, 0.1) is 0 Å². The van der Waals surface area contributed by atoms with Crippen LogP contribution in [0, 0.1) is 0 Å². The molecule has 1 aromatic heterocycles. The van der Waals surface area contributed by atoms with Crippen molar-refractivity contribution in [3.05, 3.63) is 59.8 Å². The molecule has 158 valence electrons. The summed E-state index contributed by atoms with van der Waals surface area (Å²) in [6.45, 7) is 10.4. The first-order valence-corrected chi connectivity index (χ1v) is 12.2. The normalized spacial score (nSPS) is 11.7. The summed E-state index contributed by atoms with van der Waals surface area (Å²) >= 11 is 0.0534. The zero-order chi connectivity index (χ0) is 21.5. The molecule has 0 saturated heterocycles. The number of benzene rings is 2. The number of H-pyrrole nitrogens is 1. The second-order valence-corrected chi connectivity index (χ2v) is 8.90. The number of hydrogen-bond donors (Lipinski definition) is 1. The molecule has 3 aromatic rings. The molecule has 1 N–H and O–H groups in total.